The summed E-state index contributed by atoms with van der Waals surface area (Å²) in [4.78, 5) is 3.01. The summed E-state index contributed by atoms with van der Waals surface area (Å²) >= 11 is 0. The van der Waals surface area contributed by atoms with Crippen molar-refractivity contribution < 1.29 is 5.11 Å². The third kappa shape index (κ3) is 5.45. The highest BCUT2D eigenvalue weighted by molar-refractivity contribution is 4.75. The van der Waals surface area contributed by atoms with E-state index in [9.17, 15) is 0 Å². The predicted molar refractivity (Wildman–Crippen MR) is 27.8 cm³/mol. The fraction of sp³-hybridized carbons (Fsp3) is 0.800. The molecule has 0 amide bonds. The monoisotopic (exact) mass is 99.1 g/mol. The lowest BCUT2D eigenvalue weighted by atomic mass is 10.1. The van der Waals surface area contributed by atoms with Gasteiger partial charge in [-0.2, -0.15) is 0 Å². The zero-order valence-corrected chi connectivity index (χ0v) is 4.60. The summed E-state index contributed by atoms with van der Waals surface area (Å²) in [6, 6.07) is 0. The van der Waals surface area contributed by atoms with E-state index in [1.54, 1.807) is 13.8 Å². The molecule has 0 rings (SSSR count). The molecular weight excluding hydrogens is 90.1 g/mol. The van der Waals surface area contributed by atoms with Crippen molar-refractivity contribution in [2.24, 2.45) is 0 Å². The van der Waals surface area contributed by atoms with Crippen molar-refractivity contribution in [1.29, 1.82) is 0 Å². The van der Waals surface area contributed by atoms with Crippen molar-refractivity contribution >= 4 is 0 Å². The van der Waals surface area contributed by atoms with Crippen LogP contribution in [0.2, 0.25) is 0 Å². The van der Waals surface area contributed by atoms with Gasteiger partial charge < -0.3 is 9.95 Å². The molecule has 2 heteroatoms. The summed E-state index contributed by atoms with van der Waals surface area (Å²) in [5.41, 5.74) is -0.804. The quantitative estimate of drug-likeness (QED) is 0.480. The van der Waals surface area contributed by atoms with Crippen LogP contribution in [0.25, 0.3) is 4.85 Å². The Hall–Kier alpha value is -0.550. The topological polar surface area (TPSA) is 24.6 Å². The van der Waals surface area contributed by atoms with Crippen molar-refractivity contribution in [3.63, 3.8) is 0 Å². The van der Waals surface area contributed by atoms with Crippen LogP contribution in [-0.4, -0.2) is 17.3 Å². The SMILES string of the molecule is [C-]#[N+]CC(C)(C)O. The van der Waals surface area contributed by atoms with Crippen molar-refractivity contribution in [3.05, 3.63) is 11.4 Å². The van der Waals surface area contributed by atoms with Gasteiger partial charge in [0.25, 0.3) is 0 Å². The van der Waals surface area contributed by atoms with Crippen LogP contribution in [0.5, 0.6) is 0 Å². The highest BCUT2D eigenvalue weighted by Crippen LogP contribution is 1.98. The molecule has 0 atom stereocenters. The van der Waals surface area contributed by atoms with Crippen LogP contribution in [0.15, 0.2) is 0 Å². The smallest absolute Gasteiger partial charge is 0.242 e. The Kier molecular flexibility index (Phi) is 1.79. The summed E-state index contributed by atoms with van der Waals surface area (Å²) in [6.07, 6.45) is 0. The zero-order chi connectivity index (χ0) is 5.91. The largest absolute Gasteiger partial charge is 0.383 e. The standard InChI is InChI=1S/C5H9NO/c1-5(2,7)4-6-3/h7H,4H2,1-2H3. The average molecular weight is 99.1 g/mol. The second-order valence-electron chi connectivity index (χ2n) is 2.13. The maximum atomic E-state index is 8.80. The number of aliphatic hydroxyl groups is 1. The molecule has 0 bridgehead atoms. The first-order valence-electron chi connectivity index (χ1n) is 2.12. The van der Waals surface area contributed by atoms with E-state index in [1.165, 1.54) is 0 Å². The van der Waals surface area contributed by atoms with Crippen molar-refractivity contribution in [2.45, 2.75) is 19.4 Å². The van der Waals surface area contributed by atoms with E-state index in [-0.39, 0.29) is 6.54 Å². The summed E-state index contributed by atoms with van der Waals surface area (Å²) < 4.78 is 0. The second kappa shape index (κ2) is 1.94. The summed E-state index contributed by atoms with van der Waals surface area (Å²) in [5, 5.41) is 8.80. The normalized spacial score (nSPS) is 10.6. The van der Waals surface area contributed by atoms with E-state index in [2.05, 4.69) is 4.85 Å². The minimum Gasteiger partial charge on any atom is -0.383 e. The minimum atomic E-state index is -0.804. The molecule has 0 spiro atoms. The Morgan fingerprint density at radius 1 is 1.71 bits per heavy atom. The highest BCUT2D eigenvalue weighted by atomic mass is 16.3. The predicted octanol–water partition coefficient (Wildman–Crippen LogP) is 0.677. The van der Waals surface area contributed by atoms with E-state index in [4.69, 9.17) is 11.7 Å². The lowest BCUT2D eigenvalue weighted by Crippen LogP contribution is -2.21. The van der Waals surface area contributed by atoms with Gasteiger partial charge in [0.15, 0.2) is 0 Å². The molecule has 1 N–H and O–H groups in total. The molecular formula is C5H9NO. The van der Waals surface area contributed by atoms with Crippen LogP contribution in [-0.2, 0) is 0 Å². The van der Waals surface area contributed by atoms with Crippen molar-refractivity contribution in [3.8, 4) is 0 Å². The van der Waals surface area contributed by atoms with Crippen LogP contribution >= 0.6 is 0 Å². The van der Waals surface area contributed by atoms with E-state index < -0.39 is 5.60 Å². The minimum absolute atomic E-state index is 0.188. The van der Waals surface area contributed by atoms with Crippen LogP contribution < -0.4 is 0 Å². The molecule has 0 unspecified atom stereocenters. The Bertz CT molecular complexity index is 85.2. The molecule has 0 aromatic rings. The third-order valence-electron chi connectivity index (χ3n) is 0.466. The summed E-state index contributed by atoms with van der Waals surface area (Å²) in [7, 11) is 0. The Morgan fingerprint density at radius 2 is 2.14 bits per heavy atom. The molecule has 0 aliphatic carbocycles. The maximum absolute atomic E-state index is 8.80. The van der Waals surface area contributed by atoms with E-state index in [1.807, 2.05) is 0 Å². The number of hydrogen-bond acceptors (Lipinski definition) is 1. The summed E-state index contributed by atoms with van der Waals surface area (Å²) in [6.45, 7) is 9.74. The van der Waals surface area contributed by atoms with Crippen LogP contribution in [0.4, 0.5) is 0 Å². The highest BCUT2D eigenvalue weighted by Gasteiger charge is 2.14. The van der Waals surface area contributed by atoms with Gasteiger partial charge in [-0.05, 0) is 13.8 Å². The lowest BCUT2D eigenvalue weighted by Gasteiger charge is -2.06. The molecule has 0 aromatic carbocycles. The molecule has 40 valence electrons. The molecule has 0 aromatic heterocycles. The Balaban J connectivity index is 3.40. The fourth-order valence-corrected chi connectivity index (χ4v) is 0.193. The van der Waals surface area contributed by atoms with E-state index in [0.29, 0.717) is 0 Å². The molecule has 0 heterocycles. The van der Waals surface area contributed by atoms with E-state index in [0.717, 1.165) is 0 Å². The number of nitrogens with zero attached hydrogens (tertiary/aromatic N) is 1. The number of hydrogen-bond donors (Lipinski definition) is 1. The van der Waals surface area contributed by atoms with Gasteiger partial charge in [0.05, 0.1) is 0 Å². The molecule has 0 fully saturated rings. The third-order valence-corrected chi connectivity index (χ3v) is 0.466. The van der Waals surface area contributed by atoms with Gasteiger partial charge in [0, 0.05) is 0 Å². The van der Waals surface area contributed by atoms with Gasteiger partial charge in [-0.3, -0.25) is 0 Å². The van der Waals surface area contributed by atoms with E-state index >= 15 is 0 Å². The second-order valence-corrected chi connectivity index (χ2v) is 2.13. The lowest BCUT2D eigenvalue weighted by molar-refractivity contribution is 0.0981. The number of rotatable bonds is 1. The molecule has 0 aliphatic heterocycles. The molecule has 7 heavy (non-hydrogen) atoms. The molecule has 0 radical (unpaired) electrons. The first kappa shape index (κ1) is 6.45. The zero-order valence-electron chi connectivity index (χ0n) is 4.60. The van der Waals surface area contributed by atoms with Gasteiger partial charge in [-0.1, -0.05) is 0 Å². The van der Waals surface area contributed by atoms with Crippen molar-refractivity contribution in [2.75, 3.05) is 6.54 Å². The van der Waals surface area contributed by atoms with Gasteiger partial charge in [-0.25, -0.2) is 6.57 Å². The van der Waals surface area contributed by atoms with Gasteiger partial charge in [0.1, 0.15) is 5.60 Å². The summed E-state index contributed by atoms with van der Waals surface area (Å²) in [5.74, 6) is 0. The van der Waals surface area contributed by atoms with Crippen molar-refractivity contribution in [1.82, 2.24) is 0 Å². The van der Waals surface area contributed by atoms with Gasteiger partial charge >= 0.3 is 0 Å². The fourth-order valence-electron chi connectivity index (χ4n) is 0.193. The maximum Gasteiger partial charge on any atom is 0.242 e. The Labute approximate surface area is 43.6 Å². The van der Waals surface area contributed by atoms with Gasteiger partial charge in [-0.15, -0.1) is 0 Å². The first-order chi connectivity index (χ1) is 3.06. The molecule has 0 saturated heterocycles. The van der Waals surface area contributed by atoms with Gasteiger partial charge in [0.2, 0.25) is 6.54 Å². The average Bonchev–Trinajstić information content (AvgIpc) is 1.30. The van der Waals surface area contributed by atoms with Crippen LogP contribution in [0.1, 0.15) is 13.8 Å². The van der Waals surface area contributed by atoms with Crippen LogP contribution in [0, 0.1) is 6.57 Å². The Morgan fingerprint density at radius 3 is 2.14 bits per heavy atom. The molecule has 0 aliphatic rings. The molecule has 0 saturated carbocycles. The van der Waals surface area contributed by atoms with Crippen LogP contribution in [0.3, 0.4) is 0 Å². The molecule has 2 nitrogen and oxygen atoms in total. The first-order valence-corrected chi connectivity index (χ1v) is 2.12.